The molecule has 0 spiro atoms. The first-order chi connectivity index (χ1) is 11.4. The minimum atomic E-state index is -0.166. The molecule has 0 unspecified atom stereocenters. The SMILES string of the molecule is Cc1cc(C(=O)N2CC(=O)N(c3ccc(Cl)cc3)C[C@@H]2C)c(C)o1. The summed E-state index contributed by atoms with van der Waals surface area (Å²) >= 11 is 5.90. The monoisotopic (exact) mass is 346 g/mol. The van der Waals surface area contributed by atoms with Crippen molar-refractivity contribution in [3.05, 3.63) is 52.4 Å². The van der Waals surface area contributed by atoms with Gasteiger partial charge in [0.2, 0.25) is 5.91 Å². The highest BCUT2D eigenvalue weighted by Crippen LogP contribution is 2.24. The number of carbonyl (C=O) groups is 2. The van der Waals surface area contributed by atoms with Crippen molar-refractivity contribution in [2.24, 2.45) is 0 Å². The van der Waals surface area contributed by atoms with E-state index in [2.05, 4.69) is 0 Å². The summed E-state index contributed by atoms with van der Waals surface area (Å²) in [7, 11) is 0. The molecule has 0 bridgehead atoms. The summed E-state index contributed by atoms with van der Waals surface area (Å²) in [6, 6.07) is 8.76. The molecule has 126 valence electrons. The molecule has 1 saturated heterocycles. The van der Waals surface area contributed by atoms with Crippen molar-refractivity contribution in [2.75, 3.05) is 18.0 Å². The molecule has 1 fully saturated rings. The summed E-state index contributed by atoms with van der Waals surface area (Å²) in [4.78, 5) is 28.6. The molecule has 0 saturated carbocycles. The number of hydrogen-bond acceptors (Lipinski definition) is 3. The van der Waals surface area contributed by atoms with Gasteiger partial charge < -0.3 is 14.2 Å². The van der Waals surface area contributed by atoms with Crippen LogP contribution in [0.5, 0.6) is 0 Å². The van der Waals surface area contributed by atoms with Crippen molar-refractivity contribution >= 4 is 29.1 Å². The number of amides is 2. The smallest absolute Gasteiger partial charge is 0.258 e. The van der Waals surface area contributed by atoms with Gasteiger partial charge in [-0.25, -0.2) is 0 Å². The zero-order valence-corrected chi connectivity index (χ0v) is 14.6. The first kappa shape index (κ1) is 16.6. The quantitative estimate of drug-likeness (QED) is 0.837. The Balaban J connectivity index is 1.80. The third-order valence-electron chi connectivity index (χ3n) is 4.26. The van der Waals surface area contributed by atoms with E-state index in [9.17, 15) is 9.59 Å². The Morgan fingerprint density at radius 3 is 2.50 bits per heavy atom. The minimum Gasteiger partial charge on any atom is -0.466 e. The molecule has 0 aliphatic carbocycles. The van der Waals surface area contributed by atoms with E-state index in [1.807, 2.05) is 19.1 Å². The highest BCUT2D eigenvalue weighted by Gasteiger charge is 2.34. The summed E-state index contributed by atoms with van der Waals surface area (Å²) in [5.74, 6) is 0.995. The van der Waals surface area contributed by atoms with Crippen LogP contribution in [-0.4, -0.2) is 35.8 Å². The van der Waals surface area contributed by atoms with Crippen LogP contribution in [0.15, 0.2) is 34.7 Å². The fraction of sp³-hybridized carbons (Fsp3) is 0.333. The molecule has 2 heterocycles. The maximum Gasteiger partial charge on any atom is 0.258 e. The van der Waals surface area contributed by atoms with E-state index in [4.69, 9.17) is 16.0 Å². The fourth-order valence-corrected chi connectivity index (χ4v) is 3.12. The van der Waals surface area contributed by atoms with Crippen molar-refractivity contribution < 1.29 is 14.0 Å². The van der Waals surface area contributed by atoms with Gasteiger partial charge in [0, 0.05) is 23.3 Å². The van der Waals surface area contributed by atoms with Crippen molar-refractivity contribution in [2.45, 2.75) is 26.8 Å². The van der Waals surface area contributed by atoms with E-state index in [0.29, 0.717) is 28.7 Å². The van der Waals surface area contributed by atoms with Crippen LogP contribution in [0, 0.1) is 13.8 Å². The zero-order valence-electron chi connectivity index (χ0n) is 13.9. The Morgan fingerprint density at radius 2 is 1.92 bits per heavy atom. The van der Waals surface area contributed by atoms with Crippen LogP contribution in [0.4, 0.5) is 5.69 Å². The number of hydrogen-bond donors (Lipinski definition) is 0. The molecular formula is C18H19ClN2O3. The molecule has 5 nitrogen and oxygen atoms in total. The third kappa shape index (κ3) is 3.04. The highest BCUT2D eigenvalue weighted by atomic mass is 35.5. The summed E-state index contributed by atoms with van der Waals surface area (Å²) < 4.78 is 5.43. The van der Waals surface area contributed by atoms with Gasteiger partial charge in [0.05, 0.1) is 5.56 Å². The Labute approximate surface area is 145 Å². The van der Waals surface area contributed by atoms with E-state index in [0.717, 1.165) is 5.69 Å². The molecule has 1 aliphatic heterocycles. The standard InChI is InChI=1S/C18H19ClN2O3/c1-11-9-21(15-6-4-14(19)5-7-15)17(22)10-20(11)18(23)16-8-12(2)24-13(16)3/h4-8,11H,9-10H2,1-3H3/t11-/m0/s1. The molecule has 0 radical (unpaired) electrons. The van der Waals surface area contributed by atoms with Crippen LogP contribution in [0.3, 0.4) is 0 Å². The zero-order chi connectivity index (χ0) is 17.4. The molecule has 24 heavy (non-hydrogen) atoms. The Hall–Kier alpha value is -2.27. The van der Waals surface area contributed by atoms with Crippen LogP contribution in [0.1, 0.15) is 28.8 Å². The third-order valence-corrected chi connectivity index (χ3v) is 4.51. The first-order valence-corrected chi connectivity index (χ1v) is 8.18. The number of anilines is 1. The molecule has 1 aliphatic rings. The van der Waals surface area contributed by atoms with E-state index >= 15 is 0 Å². The molecule has 0 N–H and O–H groups in total. The molecule has 1 aromatic heterocycles. The largest absolute Gasteiger partial charge is 0.466 e. The van der Waals surface area contributed by atoms with Gasteiger partial charge >= 0.3 is 0 Å². The van der Waals surface area contributed by atoms with Crippen LogP contribution in [0.25, 0.3) is 0 Å². The maximum atomic E-state index is 12.8. The molecule has 1 aromatic carbocycles. The number of nitrogens with zero attached hydrogens (tertiary/aromatic N) is 2. The number of piperazine rings is 1. The van der Waals surface area contributed by atoms with Crippen molar-refractivity contribution in [3.8, 4) is 0 Å². The highest BCUT2D eigenvalue weighted by molar-refractivity contribution is 6.30. The number of carbonyl (C=O) groups excluding carboxylic acids is 2. The first-order valence-electron chi connectivity index (χ1n) is 7.80. The van der Waals surface area contributed by atoms with E-state index in [-0.39, 0.29) is 24.4 Å². The van der Waals surface area contributed by atoms with E-state index in [1.165, 1.54) is 0 Å². The minimum absolute atomic E-state index is 0.0479. The Morgan fingerprint density at radius 1 is 1.25 bits per heavy atom. The summed E-state index contributed by atoms with van der Waals surface area (Å²) in [6.45, 7) is 6.00. The second kappa shape index (κ2) is 6.32. The lowest BCUT2D eigenvalue weighted by Crippen LogP contribution is -2.57. The lowest BCUT2D eigenvalue weighted by molar-refractivity contribution is -0.121. The fourth-order valence-electron chi connectivity index (χ4n) is 2.99. The molecular weight excluding hydrogens is 328 g/mol. The van der Waals surface area contributed by atoms with Crippen molar-refractivity contribution in [3.63, 3.8) is 0 Å². The molecule has 1 atom stereocenters. The molecule has 3 rings (SSSR count). The second-order valence-electron chi connectivity index (χ2n) is 6.09. The topological polar surface area (TPSA) is 53.8 Å². The predicted octanol–water partition coefficient (Wildman–Crippen LogP) is 3.43. The van der Waals surface area contributed by atoms with Gasteiger partial charge in [0.25, 0.3) is 5.91 Å². The van der Waals surface area contributed by atoms with Crippen LogP contribution >= 0.6 is 11.6 Å². The summed E-state index contributed by atoms with van der Waals surface area (Å²) in [5.41, 5.74) is 1.31. The van der Waals surface area contributed by atoms with Crippen LogP contribution < -0.4 is 4.90 Å². The van der Waals surface area contributed by atoms with Crippen molar-refractivity contribution in [1.29, 1.82) is 0 Å². The van der Waals surface area contributed by atoms with Gasteiger partial charge in [-0.3, -0.25) is 9.59 Å². The van der Waals surface area contributed by atoms with Gasteiger partial charge in [-0.2, -0.15) is 0 Å². The Kier molecular flexibility index (Phi) is 4.37. The summed E-state index contributed by atoms with van der Waals surface area (Å²) in [6.07, 6.45) is 0. The van der Waals surface area contributed by atoms with Crippen LogP contribution in [0.2, 0.25) is 5.02 Å². The van der Waals surface area contributed by atoms with E-state index < -0.39 is 0 Å². The number of rotatable bonds is 2. The predicted molar refractivity (Wildman–Crippen MR) is 92.5 cm³/mol. The lowest BCUT2D eigenvalue weighted by Gasteiger charge is -2.39. The van der Waals surface area contributed by atoms with Gasteiger partial charge in [-0.15, -0.1) is 0 Å². The van der Waals surface area contributed by atoms with Gasteiger partial charge in [-0.05, 0) is 51.1 Å². The van der Waals surface area contributed by atoms with Crippen LogP contribution in [-0.2, 0) is 4.79 Å². The van der Waals surface area contributed by atoms with Gasteiger partial charge in [0.1, 0.15) is 18.1 Å². The molecule has 2 amide bonds. The number of halogens is 1. The average Bonchev–Trinajstić information content (AvgIpc) is 2.88. The molecule has 2 aromatic rings. The Bertz CT molecular complexity index is 782. The van der Waals surface area contributed by atoms with Crippen molar-refractivity contribution in [1.82, 2.24) is 4.90 Å². The van der Waals surface area contributed by atoms with Gasteiger partial charge in [0.15, 0.2) is 0 Å². The van der Waals surface area contributed by atoms with Gasteiger partial charge in [-0.1, -0.05) is 11.6 Å². The number of benzene rings is 1. The average molecular weight is 347 g/mol. The summed E-state index contributed by atoms with van der Waals surface area (Å²) in [5, 5.41) is 0.624. The number of furan rings is 1. The lowest BCUT2D eigenvalue weighted by atomic mass is 10.1. The molecule has 6 heteroatoms. The van der Waals surface area contributed by atoms with E-state index in [1.54, 1.807) is 41.8 Å². The normalized spacial score (nSPS) is 18.2. The second-order valence-corrected chi connectivity index (χ2v) is 6.53. The maximum absolute atomic E-state index is 12.8. The number of aryl methyl sites for hydroxylation is 2.